The van der Waals surface area contributed by atoms with Crippen LogP contribution in [0.4, 0.5) is 0 Å². The minimum Gasteiger partial charge on any atom is -0.493 e. The lowest BCUT2D eigenvalue weighted by molar-refractivity contribution is 0.0908. The summed E-state index contributed by atoms with van der Waals surface area (Å²) in [5, 5.41) is 3.17. The van der Waals surface area contributed by atoms with Crippen molar-refractivity contribution in [3.63, 3.8) is 0 Å². The molecule has 2 unspecified atom stereocenters. The van der Waals surface area contributed by atoms with Crippen LogP contribution in [0.15, 0.2) is 18.2 Å². The second-order valence-corrected chi connectivity index (χ2v) is 5.78. The van der Waals surface area contributed by atoms with Gasteiger partial charge in [-0.15, -0.1) is 0 Å². The van der Waals surface area contributed by atoms with Crippen molar-refractivity contribution in [3.05, 3.63) is 29.3 Å². The Balaban J connectivity index is 1.69. The summed E-state index contributed by atoms with van der Waals surface area (Å²) in [6.45, 7) is 1.38. The van der Waals surface area contributed by atoms with Crippen molar-refractivity contribution in [3.8, 4) is 5.75 Å². The molecular formula is C16H22N2O2. The third kappa shape index (κ3) is 2.66. The van der Waals surface area contributed by atoms with Crippen LogP contribution in [0.2, 0.25) is 0 Å². The smallest absolute Gasteiger partial charge is 0.251 e. The Morgan fingerprint density at radius 1 is 1.35 bits per heavy atom. The zero-order chi connectivity index (χ0) is 13.9. The molecule has 1 aliphatic carbocycles. The van der Waals surface area contributed by atoms with E-state index in [4.69, 9.17) is 10.5 Å². The number of hydrogen-bond donors (Lipinski definition) is 2. The predicted molar refractivity (Wildman–Crippen MR) is 77.9 cm³/mol. The molecular weight excluding hydrogens is 252 g/mol. The Bertz CT molecular complexity index is 501. The van der Waals surface area contributed by atoms with E-state index in [1.165, 1.54) is 12.8 Å². The van der Waals surface area contributed by atoms with Crippen LogP contribution in [0.3, 0.4) is 0 Å². The number of carbonyl (C=O) groups is 1. The molecule has 4 heteroatoms. The van der Waals surface area contributed by atoms with Gasteiger partial charge in [0.1, 0.15) is 5.75 Å². The third-order valence-corrected chi connectivity index (χ3v) is 4.48. The molecule has 1 heterocycles. The topological polar surface area (TPSA) is 64.3 Å². The number of carbonyl (C=O) groups excluding carboxylic acids is 1. The fourth-order valence-electron chi connectivity index (χ4n) is 3.26. The van der Waals surface area contributed by atoms with Gasteiger partial charge >= 0.3 is 0 Å². The van der Waals surface area contributed by atoms with Gasteiger partial charge in [-0.05, 0) is 49.1 Å². The summed E-state index contributed by atoms with van der Waals surface area (Å²) in [7, 11) is 0. The van der Waals surface area contributed by atoms with Gasteiger partial charge in [-0.1, -0.05) is 12.8 Å². The van der Waals surface area contributed by atoms with Crippen molar-refractivity contribution < 1.29 is 9.53 Å². The lowest BCUT2D eigenvalue weighted by atomic mass is 9.84. The van der Waals surface area contributed by atoms with Crippen LogP contribution in [0.5, 0.6) is 5.75 Å². The number of hydrogen-bond acceptors (Lipinski definition) is 3. The van der Waals surface area contributed by atoms with E-state index in [-0.39, 0.29) is 11.9 Å². The van der Waals surface area contributed by atoms with Crippen molar-refractivity contribution in [2.75, 3.05) is 13.2 Å². The highest BCUT2D eigenvalue weighted by atomic mass is 16.5. The van der Waals surface area contributed by atoms with E-state index in [2.05, 4.69) is 5.32 Å². The molecule has 1 fully saturated rings. The Hall–Kier alpha value is -1.55. The zero-order valence-corrected chi connectivity index (χ0v) is 11.7. The highest BCUT2D eigenvalue weighted by Crippen LogP contribution is 2.27. The molecule has 0 spiro atoms. The SMILES string of the molecule is NCC1CCCCC1NC(=O)c1ccc2c(c1)CCO2. The molecule has 1 aromatic rings. The number of fused-ring (bicyclic) bond motifs is 1. The minimum absolute atomic E-state index is 0.0186. The Labute approximate surface area is 119 Å². The maximum absolute atomic E-state index is 12.4. The van der Waals surface area contributed by atoms with E-state index in [1.54, 1.807) is 0 Å². The fraction of sp³-hybridized carbons (Fsp3) is 0.562. The Morgan fingerprint density at radius 2 is 2.20 bits per heavy atom. The van der Waals surface area contributed by atoms with Crippen molar-refractivity contribution >= 4 is 5.91 Å². The molecule has 1 aromatic carbocycles. The Kier molecular flexibility index (Phi) is 3.92. The number of benzene rings is 1. The average molecular weight is 274 g/mol. The summed E-state index contributed by atoms with van der Waals surface area (Å²) in [6.07, 6.45) is 5.47. The molecule has 0 radical (unpaired) electrons. The van der Waals surface area contributed by atoms with Gasteiger partial charge in [0, 0.05) is 18.0 Å². The van der Waals surface area contributed by atoms with Crippen LogP contribution < -0.4 is 15.8 Å². The molecule has 2 atom stereocenters. The summed E-state index contributed by atoms with van der Waals surface area (Å²) in [5.74, 6) is 1.36. The van der Waals surface area contributed by atoms with E-state index in [0.717, 1.165) is 42.7 Å². The molecule has 0 aromatic heterocycles. The van der Waals surface area contributed by atoms with Gasteiger partial charge in [0.05, 0.1) is 6.61 Å². The largest absolute Gasteiger partial charge is 0.493 e. The summed E-state index contributed by atoms with van der Waals surface area (Å²) in [4.78, 5) is 12.4. The highest BCUT2D eigenvalue weighted by molar-refractivity contribution is 5.94. The van der Waals surface area contributed by atoms with Crippen LogP contribution in [0.25, 0.3) is 0 Å². The van der Waals surface area contributed by atoms with Gasteiger partial charge in [0.25, 0.3) is 5.91 Å². The lowest BCUT2D eigenvalue weighted by Gasteiger charge is -2.31. The molecule has 3 rings (SSSR count). The number of rotatable bonds is 3. The number of nitrogens with two attached hydrogens (primary N) is 1. The van der Waals surface area contributed by atoms with Gasteiger partial charge in [-0.3, -0.25) is 4.79 Å². The average Bonchev–Trinajstić information content (AvgIpc) is 2.95. The van der Waals surface area contributed by atoms with Crippen LogP contribution in [0.1, 0.15) is 41.6 Å². The summed E-state index contributed by atoms with van der Waals surface area (Å²) in [6, 6.07) is 5.93. The van der Waals surface area contributed by atoms with Gasteiger partial charge in [0.2, 0.25) is 0 Å². The quantitative estimate of drug-likeness (QED) is 0.884. The fourth-order valence-corrected chi connectivity index (χ4v) is 3.26. The van der Waals surface area contributed by atoms with Gasteiger partial charge in [-0.2, -0.15) is 0 Å². The summed E-state index contributed by atoms with van der Waals surface area (Å²) < 4.78 is 5.47. The maximum atomic E-state index is 12.4. The van der Waals surface area contributed by atoms with Crippen LogP contribution in [-0.2, 0) is 6.42 Å². The third-order valence-electron chi connectivity index (χ3n) is 4.48. The second-order valence-electron chi connectivity index (χ2n) is 5.78. The van der Waals surface area contributed by atoms with Crippen molar-refractivity contribution in [2.45, 2.75) is 38.1 Å². The van der Waals surface area contributed by atoms with E-state index in [1.807, 2.05) is 18.2 Å². The van der Waals surface area contributed by atoms with Crippen LogP contribution >= 0.6 is 0 Å². The molecule has 1 amide bonds. The van der Waals surface area contributed by atoms with Crippen molar-refractivity contribution in [1.82, 2.24) is 5.32 Å². The monoisotopic (exact) mass is 274 g/mol. The number of nitrogens with one attached hydrogen (secondary N) is 1. The molecule has 3 N–H and O–H groups in total. The van der Waals surface area contributed by atoms with Crippen molar-refractivity contribution in [1.29, 1.82) is 0 Å². The Morgan fingerprint density at radius 3 is 3.05 bits per heavy atom. The minimum atomic E-state index is 0.0186. The number of amides is 1. The first-order chi connectivity index (χ1) is 9.78. The first-order valence-corrected chi connectivity index (χ1v) is 7.54. The van der Waals surface area contributed by atoms with Gasteiger partial charge in [-0.25, -0.2) is 0 Å². The van der Waals surface area contributed by atoms with Gasteiger partial charge < -0.3 is 15.8 Å². The molecule has 108 valence electrons. The second kappa shape index (κ2) is 5.83. The normalized spacial score (nSPS) is 24.9. The van der Waals surface area contributed by atoms with E-state index >= 15 is 0 Å². The molecule has 4 nitrogen and oxygen atoms in total. The number of ether oxygens (including phenoxy) is 1. The highest BCUT2D eigenvalue weighted by Gasteiger charge is 2.26. The molecule has 1 aliphatic heterocycles. The van der Waals surface area contributed by atoms with Crippen molar-refractivity contribution in [2.24, 2.45) is 11.7 Å². The summed E-state index contributed by atoms with van der Waals surface area (Å²) >= 11 is 0. The predicted octanol–water partition coefficient (Wildman–Crippen LogP) is 1.87. The van der Waals surface area contributed by atoms with Crippen LogP contribution in [-0.4, -0.2) is 25.1 Å². The van der Waals surface area contributed by atoms with Gasteiger partial charge in [0.15, 0.2) is 0 Å². The summed E-state index contributed by atoms with van der Waals surface area (Å²) in [5.41, 5.74) is 7.68. The maximum Gasteiger partial charge on any atom is 0.251 e. The first-order valence-electron chi connectivity index (χ1n) is 7.54. The molecule has 20 heavy (non-hydrogen) atoms. The molecule has 1 saturated carbocycles. The molecule has 0 saturated heterocycles. The molecule has 2 aliphatic rings. The van der Waals surface area contributed by atoms with E-state index < -0.39 is 0 Å². The molecule has 0 bridgehead atoms. The zero-order valence-electron chi connectivity index (χ0n) is 11.7. The van der Waals surface area contributed by atoms with E-state index in [9.17, 15) is 4.79 Å². The van der Waals surface area contributed by atoms with E-state index in [0.29, 0.717) is 12.5 Å². The van der Waals surface area contributed by atoms with Crippen LogP contribution in [0, 0.1) is 5.92 Å². The first kappa shape index (κ1) is 13.4. The lowest BCUT2D eigenvalue weighted by Crippen LogP contribution is -2.44. The standard InChI is InChI=1S/C16H22N2O2/c17-10-13-3-1-2-4-14(13)18-16(19)12-5-6-15-11(9-12)7-8-20-15/h5-6,9,13-14H,1-4,7-8,10,17H2,(H,18,19).